The van der Waals surface area contributed by atoms with Gasteiger partial charge >= 0.3 is 6.03 Å². The summed E-state index contributed by atoms with van der Waals surface area (Å²) in [5.74, 6) is 7.22. The maximum absolute atomic E-state index is 10.8. The zero-order valence-corrected chi connectivity index (χ0v) is 12.6. The Kier molecular flexibility index (Phi) is 5.12. The topological polar surface area (TPSA) is 98.2 Å². The SMILES string of the molecule is COc1ccc(Oc2ccc(C#CC(C)N(O)C(N)=O)o2)cc1. The van der Waals surface area contributed by atoms with Gasteiger partial charge in [-0.25, -0.2) is 4.79 Å². The molecular weight excluding hydrogens is 300 g/mol. The number of nitrogens with zero attached hydrogens (tertiary/aromatic N) is 1. The van der Waals surface area contributed by atoms with Crippen LogP contribution < -0.4 is 15.2 Å². The van der Waals surface area contributed by atoms with Gasteiger partial charge in [-0.1, -0.05) is 5.92 Å². The van der Waals surface area contributed by atoms with Crippen LogP contribution in [-0.2, 0) is 0 Å². The Morgan fingerprint density at radius 3 is 2.52 bits per heavy atom. The maximum atomic E-state index is 10.8. The van der Waals surface area contributed by atoms with Crippen molar-refractivity contribution in [2.24, 2.45) is 5.73 Å². The summed E-state index contributed by atoms with van der Waals surface area (Å²) < 4.78 is 16.0. The molecule has 7 heteroatoms. The smallest absolute Gasteiger partial charge is 0.339 e. The number of carbonyl (C=O) groups excluding carboxylic acids is 1. The van der Waals surface area contributed by atoms with Crippen molar-refractivity contribution >= 4 is 6.03 Å². The van der Waals surface area contributed by atoms with Crippen molar-refractivity contribution in [3.05, 3.63) is 42.2 Å². The number of methoxy groups -OCH3 is 1. The summed E-state index contributed by atoms with van der Waals surface area (Å²) >= 11 is 0. The molecule has 120 valence electrons. The van der Waals surface area contributed by atoms with E-state index in [1.165, 1.54) is 6.92 Å². The van der Waals surface area contributed by atoms with E-state index in [0.29, 0.717) is 16.6 Å². The molecule has 1 heterocycles. The van der Waals surface area contributed by atoms with Crippen molar-refractivity contribution in [1.82, 2.24) is 5.06 Å². The second kappa shape index (κ2) is 7.24. The van der Waals surface area contributed by atoms with E-state index in [1.54, 1.807) is 43.5 Å². The first-order valence-electron chi connectivity index (χ1n) is 6.70. The number of hydrogen-bond acceptors (Lipinski definition) is 5. The quantitative estimate of drug-likeness (QED) is 0.513. The van der Waals surface area contributed by atoms with E-state index in [-0.39, 0.29) is 5.95 Å². The van der Waals surface area contributed by atoms with Crippen LogP contribution in [0.15, 0.2) is 40.8 Å². The molecule has 0 aliphatic rings. The lowest BCUT2D eigenvalue weighted by molar-refractivity contribution is -0.0536. The highest BCUT2D eigenvalue weighted by molar-refractivity contribution is 5.71. The van der Waals surface area contributed by atoms with Crippen molar-refractivity contribution in [2.45, 2.75) is 13.0 Å². The molecule has 0 bridgehead atoms. The van der Waals surface area contributed by atoms with E-state index in [0.717, 1.165) is 5.75 Å². The largest absolute Gasteiger partial charge is 0.497 e. The minimum Gasteiger partial charge on any atom is -0.497 e. The number of carbonyl (C=O) groups is 1. The molecule has 23 heavy (non-hydrogen) atoms. The number of benzene rings is 1. The molecule has 0 saturated heterocycles. The lowest BCUT2D eigenvalue weighted by Gasteiger charge is -2.14. The molecule has 2 aromatic rings. The average molecular weight is 316 g/mol. The molecule has 2 rings (SSSR count). The van der Waals surface area contributed by atoms with Gasteiger partial charge in [0.05, 0.1) is 7.11 Å². The van der Waals surface area contributed by atoms with Gasteiger partial charge < -0.3 is 19.6 Å². The van der Waals surface area contributed by atoms with Crippen LogP contribution in [0, 0.1) is 11.8 Å². The number of furan rings is 1. The molecule has 0 radical (unpaired) electrons. The predicted molar refractivity (Wildman–Crippen MR) is 81.3 cm³/mol. The summed E-state index contributed by atoms with van der Waals surface area (Å²) in [6.45, 7) is 1.52. The second-order valence-corrected chi connectivity index (χ2v) is 4.52. The zero-order valence-electron chi connectivity index (χ0n) is 12.6. The summed E-state index contributed by atoms with van der Waals surface area (Å²) in [7, 11) is 1.58. The molecule has 0 spiro atoms. The molecule has 1 atom stereocenters. The molecule has 0 fully saturated rings. The Morgan fingerprint density at radius 1 is 1.26 bits per heavy atom. The van der Waals surface area contributed by atoms with E-state index in [9.17, 15) is 10.0 Å². The Labute approximate surface area is 133 Å². The molecular formula is C16H16N2O5. The lowest BCUT2D eigenvalue weighted by atomic mass is 10.3. The van der Waals surface area contributed by atoms with Crippen LogP contribution in [0.4, 0.5) is 4.79 Å². The lowest BCUT2D eigenvalue weighted by Crippen LogP contribution is -2.38. The van der Waals surface area contributed by atoms with Crippen molar-refractivity contribution in [2.75, 3.05) is 7.11 Å². The fourth-order valence-corrected chi connectivity index (χ4v) is 1.63. The van der Waals surface area contributed by atoms with Crippen LogP contribution in [0.3, 0.4) is 0 Å². The predicted octanol–water partition coefficient (Wildman–Crippen LogP) is 2.59. The van der Waals surface area contributed by atoms with E-state index in [4.69, 9.17) is 19.6 Å². The van der Waals surface area contributed by atoms with Gasteiger partial charge in [0.25, 0.3) is 5.95 Å². The molecule has 1 aromatic heterocycles. The van der Waals surface area contributed by atoms with Gasteiger partial charge in [0.15, 0.2) is 5.76 Å². The molecule has 1 aromatic carbocycles. The van der Waals surface area contributed by atoms with Crippen LogP contribution in [0.5, 0.6) is 17.4 Å². The minimum absolute atomic E-state index is 0.267. The number of rotatable bonds is 4. The number of hydroxylamine groups is 2. The Morgan fingerprint density at radius 2 is 1.91 bits per heavy atom. The van der Waals surface area contributed by atoms with Crippen LogP contribution in [0.2, 0.25) is 0 Å². The molecule has 0 aliphatic heterocycles. The first-order valence-corrected chi connectivity index (χ1v) is 6.70. The van der Waals surface area contributed by atoms with Crippen LogP contribution in [0.1, 0.15) is 12.7 Å². The molecule has 3 N–H and O–H groups in total. The Bertz CT molecular complexity index is 727. The van der Waals surface area contributed by atoms with Gasteiger partial charge in [-0.15, -0.1) is 0 Å². The summed E-state index contributed by atoms with van der Waals surface area (Å²) in [5, 5.41) is 9.64. The third-order valence-corrected chi connectivity index (χ3v) is 2.86. The number of urea groups is 1. The zero-order chi connectivity index (χ0) is 16.8. The number of ether oxygens (including phenoxy) is 2. The van der Waals surface area contributed by atoms with Gasteiger partial charge in [0.1, 0.15) is 17.5 Å². The van der Waals surface area contributed by atoms with E-state index >= 15 is 0 Å². The van der Waals surface area contributed by atoms with Gasteiger partial charge in [-0.05, 0) is 43.2 Å². The minimum atomic E-state index is -0.977. The summed E-state index contributed by atoms with van der Waals surface area (Å²) in [6.07, 6.45) is 0. The third-order valence-electron chi connectivity index (χ3n) is 2.86. The van der Waals surface area contributed by atoms with Gasteiger partial charge in [0, 0.05) is 6.07 Å². The summed E-state index contributed by atoms with van der Waals surface area (Å²) in [4.78, 5) is 10.8. The Balaban J connectivity index is 2.02. The maximum Gasteiger partial charge on any atom is 0.339 e. The van der Waals surface area contributed by atoms with E-state index < -0.39 is 12.1 Å². The summed E-state index contributed by atoms with van der Waals surface area (Å²) in [5.41, 5.74) is 4.93. The first kappa shape index (κ1) is 16.3. The van der Waals surface area contributed by atoms with E-state index in [2.05, 4.69) is 11.8 Å². The average Bonchev–Trinajstić information content (AvgIpc) is 3.00. The van der Waals surface area contributed by atoms with Crippen molar-refractivity contribution in [3.8, 4) is 29.3 Å². The highest BCUT2D eigenvalue weighted by Crippen LogP contribution is 2.25. The molecule has 1 unspecified atom stereocenters. The van der Waals surface area contributed by atoms with Crippen LogP contribution >= 0.6 is 0 Å². The Hall–Kier alpha value is -3.11. The number of amides is 2. The van der Waals surface area contributed by atoms with Gasteiger partial charge in [-0.2, -0.15) is 5.06 Å². The fraction of sp³-hybridized carbons (Fsp3) is 0.188. The molecule has 0 aliphatic carbocycles. The first-order chi connectivity index (χ1) is 11.0. The van der Waals surface area contributed by atoms with Crippen molar-refractivity contribution in [1.29, 1.82) is 0 Å². The van der Waals surface area contributed by atoms with Gasteiger partial charge in [0.2, 0.25) is 0 Å². The molecule has 2 amide bonds. The van der Waals surface area contributed by atoms with E-state index in [1.807, 2.05) is 0 Å². The fourth-order valence-electron chi connectivity index (χ4n) is 1.63. The standard InChI is InChI=1S/C16H16N2O5/c1-11(18(20)16(17)19)3-4-13-9-10-15(22-13)23-14-7-5-12(21-2)6-8-14/h5-11,20H,1-2H3,(H2,17,19). The second-order valence-electron chi connectivity index (χ2n) is 4.52. The number of hydrogen-bond donors (Lipinski definition) is 2. The third kappa shape index (κ3) is 4.43. The monoisotopic (exact) mass is 316 g/mol. The number of nitrogens with two attached hydrogens (primary N) is 1. The summed E-state index contributed by atoms with van der Waals surface area (Å²) in [6, 6.07) is 8.50. The van der Waals surface area contributed by atoms with Crippen molar-refractivity contribution in [3.63, 3.8) is 0 Å². The molecule has 7 nitrogen and oxygen atoms in total. The highest BCUT2D eigenvalue weighted by Gasteiger charge is 2.12. The van der Waals surface area contributed by atoms with Gasteiger partial charge in [-0.3, -0.25) is 5.21 Å². The van der Waals surface area contributed by atoms with Crippen molar-refractivity contribution < 1.29 is 23.9 Å². The highest BCUT2D eigenvalue weighted by atomic mass is 16.6. The molecule has 0 saturated carbocycles. The van der Waals surface area contributed by atoms with Crippen LogP contribution in [0.25, 0.3) is 0 Å². The normalized spacial score (nSPS) is 11.1. The number of primary amides is 1. The van der Waals surface area contributed by atoms with Crippen LogP contribution in [-0.4, -0.2) is 29.5 Å².